The molecule has 3 rings (SSSR count). The second-order valence-corrected chi connectivity index (χ2v) is 3.51. The Morgan fingerprint density at radius 2 is 1.67 bits per heavy atom. The van der Waals surface area contributed by atoms with Crippen molar-refractivity contribution in [2.45, 2.75) is 0 Å². The average molecular weight is 194 g/mol. The van der Waals surface area contributed by atoms with Crippen LogP contribution in [-0.2, 0) is 0 Å². The van der Waals surface area contributed by atoms with Crippen molar-refractivity contribution in [3.63, 3.8) is 0 Å². The highest BCUT2D eigenvalue weighted by molar-refractivity contribution is 5.94. The molecule has 1 aromatic heterocycles. The molecule has 0 fully saturated rings. The van der Waals surface area contributed by atoms with Crippen molar-refractivity contribution in [2.24, 2.45) is 0 Å². The lowest BCUT2D eigenvalue weighted by molar-refractivity contribution is -0.266. The molecular formula is C13H8NO-. The van der Waals surface area contributed by atoms with E-state index in [-0.39, 0.29) is 5.75 Å². The number of pyridine rings is 1. The van der Waals surface area contributed by atoms with Gasteiger partial charge in [0.15, 0.2) is 0 Å². The lowest BCUT2D eigenvalue weighted by atomic mass is 10.1. The fraction of sp³-hybridized carbons (Fsp3) is 0. The van der Waals surface area contributed by atoms with Crippen molar-refractivity contribution in [1.29, 1.82) is 0 Å². The van der Waals surface area contributed by atoms with Crippen LogP contribution in [0.15, 0.2) is 48.5 Å². The molecule has 0 amide bonds. The number of benzene rings is 2. The van der Waals surface area contributed by atoms with Gasteiger partial charge in [-0.1, -0.05) is 42.1 Å². The summed E-state index contributed by atoms with van der Waals surface area (Å²) >= 11 is 0. The summed E-state index contributed by atoms with van der Waals surface area (Å²) in [5.74, 6) is -0.0155. The third-order valence-corrected chi connectivity index (χ3v) is 2.51. The first-order valence-corrected chi connectivity index (χ1v) is 4.80. The van der Waals surface area contributed by atoms with Gasteiger partial charge < -0.3 is 5.11 Å². The number of para-hydroxylation sites is 2. The zero-order chi connectivity index (χ0) is 10.3. The van der Waals surface area contributed by atoms with Crippen LogP contribution in [0, 0.1) is 0 Å². The van der Waals surface area contributed by atoms with Crippen LogP contribution in [0.1, 0.15) is 0 Å². The standard InChI is InChI=1S/C13H9NO/c15-12-7-3-5-10-8-9-4-1-2-6-11(9)14-13(10)12/h1-8,15H/p-1. The van der Waals surface area contributed by atoms with Crippen molar-refractivity contribution >= 4 is 21.8 Å². The largest absolute Gasteiger partial charge is 0.871 e. The minimum Gasteiger partial charge on any atom is -0.871 e. The molecule has 0 bridgehead atoms. The molecule has 0 unspecified atom stereocenters. The molecule has 72 valence electrons. The average Bonchev–Trinajstić information content (AvgIpc) is 2.27. The summed E-state index contributed by atoms with van der Waals surface area (Å²) < 4.78 is 0. The first kappa shape index (κ1) is 8.24. The third-order valence-electron chi connectivity index (χ3n) is 2.51. The van der Waals surface area contributed by atoms with Gasteiger partial charge in [0.1, 0.15) is 0 Å². The van der Waals surface area contributed by atoms with Gasteiger partial charge in [-0.15, -0.1) is 0 Å². The molecule has 0 saturated heterocycles. The molecule has 0 aliphatic rings. The molecule has 0 radical (unpaired) electrons. The molecule has 3 aromatic rings. The maximum Gasteiger partial charge on any atom is 0.0709 e. The van der Waals surface area contributed by atoms with Crippen LogP contribution in [0.5, 0.6) is 5.75 Å². The second-order valence-electron chi connectivity index (χ2n) is 3.51. The Balaban J connectivity index is 2.53. The van der Waals surface area contributed by atoms with Crippen molar-refractivity contribution in [3.8, 4) is 5.75 Å². The van der Waals surface area contributed by atoms with E-state index in [2.05, 4.69) is 4.98 Å². The highest BCUT2D eigenvalue weighted by atomic mass is 16.3. The summed E-state index contributed by atoms with van der Waals surface area (Å²) in [6.45, 7) is 0. The van der Waals surface area contributed by atoms with Gasteiger partial charge in [0.05, 0.1) is 11.0 Å². The number of nitrogens with zero attached hydrogens (tertiary/aromatic N) is 1. The summed E-state index contributed by atoms with van der Waals surface area (Å²) in [4.78, 5) is 4.36. The number of hydrogen-bond donors (Lipinski definition) is 0. The minimum absolute atomic E-state index is 0.0155. The fourth-order valence-corrected chi connectivity index (χ4v) is 1.77. The Hall–Kier alpha value is -2.09. The van der Waals surface area contributed by atoms with E-state index >= 15 is 0 Å². The van der Waals surface area contributed by atoms with E-state index in [0.717, 1.165) is 16.3 Å². The van der Waals surface area contributed by atoms with Gasteiger partial charge in [0.25, 0.3) is 0 Å². The van der Waals surface area contributed by atoms with E-state index in [1.807, 2.05) is 36.4 Å². The molecule has 15 heavy (non-hydrogen) atoms. The summed E-state index contributed by atoms with van der Waals surface area (Å²) in [7, 11) is 0. The number of fused-ring (bicyclic) bond motifs is 2. The molecule has 0 saturated carbocycles. The van der Waals surface area contributed by atoms with Gasteiger partial charge >= 0.3 is 0 Å². The lowest BCUT2D eigenvalue weighted by Gasteiger charge is -2.09. The zero-order valence-electron chi connectivity index (χ0n) is 7.97. The van der Waals surface area contributed by atoms with Crippen molar-refractivity contribution < 1.29 is 5.11 Å². The van der Waals surface area contributed by atoms with Gasteiger partial charge in [-0.2, -0.15) is 0 Å². The highest BCUT2D eigenvalue weighted by Crippen LogP contribution is 2.23. The third kappa shape index (κ3) is 1.22. The van der Waals surface area contributed by atoms with E-state index < -0.39 is 0 Å². The van der Waals surface area contributed by atoms with Gasteiger partial charge in [0.2, 0.25) is 0 Å². The Morgan fingerprint density at radius 1 is 0.867 bits per heavy atom. The van der Waals surface area contributed by atoms with E-state index in [4.69, 9.17) is 0 Å². The van der Waals surface area contributed by atoms with Crippen LogP contribution in [-0.4, -0.2) is 4.98 Å². The quantitative estimate of drug-likeness (QED) is 0.515. The Bertz CT molecular complexity index is 646. The molecule has 2 aromatic carbocycles. The summed E-state index contributed by atoms with van der Waals surface area (Å²) in [5.41, 5.74) is 1.42. The predicted octanol–water partition coefficient (Wildman–Crippen LogP) is 2.46. The summed E-state index contributed by atoms with van der Waals surface area (Å²) in [5, 5.41) is 13.5. The van der Waals surface area contributed by atoms with Crippen LogP contribution in [0.3, 0.4) is 0 Å². The van der Waals surface area contributed by atoms with Crippen LogP contribution in [0.2, 0.25) is 0 Å². The smallest absolute Gasteiger partial charge is 0.0709 e. The van der Waals surface area contributed by atoms with Gasteiger partial charge in [-0.3, -0.25) is 0 Å². The van der Waals surface area contributed by atoms with Crippen molar-refractivity contribution in [3.05, 3.63) is 48.5 Å². The monoisotopic (exact) mass is 194 g/mol. The van der Waals surface area contributed by atoms with Crippen molar-refractivity contribution in [1.82, 2.24) is 4.98 Å². The summed E-state index contributed by atoms with van der Waals surface area (Å²) in [6.07, 6.45) is 0. The van der Waals surface area contributed by atoms with Gasteiger partial charge in [-0.25, -0.2) is 4.98 Å². The van der Waals surface area contributed by atoms with Crippen LogP contribution >= 0.6 is 0 Å². The molecule has 0 N–H and O–H groups in total. The Morgan fingerprint density at radius 3 is 2.60 bits per heavy atom. The molecular weight excluding hydrogens is 186 g/mol. The first-order valence-electron chi connectivity index (χ1n) is 4.80. The molecule has 0 aliphatic carbocycles. The highest BCUT2D eigenvalue weighted by Gasteiger charge is 1.98. The molecule has 0 atom stereocenters. The molecule has 0 spiro atoms. The maximum atomic E-state index is 11.6. The zero-order valence-corrected chi connectivity index (χ0v) is 7.97. The van der Waals surface area contributed by atoms with Crippen LogP contribution in [0.4, 0.5) is 0 Å². The number of rotatable bonds is 0. The molecule has 1 heterocycles. The van der Waals surface area contributed by atoms with E-state index in [1.165, 1.54) is 0 Å². The minimum atomic E-state index is -0.0155. The lowest BCUT2D eigenvalue weighted by Crippen LogP contribution is -1.92. The van der Waals surface area contributed by atoms with Gasteiger partial charge in [0, 0.05) is 10.8 Å². The van der Waals surface area contributed by atoms with Gasteiger partial charge in [-0.05, 0) is 12.1 Å². The summed E-state index contributed by atoms with van der Waals surface area (Å²) in [6, 6.07) is 15.0. The maximum absolute atomic E-state index is 11.6. The number of hydrogen-bond acceptors (Lipinski definition) is 2. The fourth-order valence-electron chi connectivity index (χ4n) is 1.77. The SMILES string of the molecule is [O-]c1cccc2cc3ccccc3nc12. The van der Waals surface area contributed by atoms with E-state index in [1.54, 1.807) is 12.1 Å². The molecule has 2 heteroatoms. The van der Waals surface area contributed by atoms with E-state index in [9.17, 15) is 5.11 Å². The first-order chi connectivity index (χ1) is 7.34. The van der Waals surface area contributed by atoms with E-state index in [0.29, 0.717) is 5.52 Å². The Labute approximate surface area is 86.8 Å². The second kappa shape index (κ2) is 2.95. The Kier molecular flexibility index (Phi) is 1.62. The van der Waals surface area contributed by atoms with Crippen molar-refractivity contribution in [2.75, 3.05) is 0 Å². The van der Waals surface area contributed by atoms with Crippen LogP contribution < -0.4 is 5.11 Å². The molecule has 2 nitrogen and oxygen atoms in total. The van der Waals surface area contributed by atoms with Crippen LogP contribution in [0.25, 0.3) is 21.8 Å². The molecule has 0 aliphatic heterocycles. The normalized spacial score (nSPS) is 10.9. The predicted molar refractivity (Wildman–Crippen MR) is 58.7 cm³/mol. The number of aromatic nitrogens is 1. The topological polar surface area (TPSA) is 36.0 Å².